The number of carbonyl (C=O) groups excluding carboxylic acids is 1. The molecule has 1 amide bonds. The Labute approximate surface area is 151 Å². The first-order valence-electron chi connectivity index (χ1n) is 6.94. The summed E-state index contributed by atoms with van der Waals surface area (Å²) in [6, 6.07) is 7.18. The Morgan fingerprint density at radius 1 is 1.50 bits per heavy atom. The van der Waals surface area contributed by atoms with E-state index in [1.165, 1.54) is 29.5 Å². The number of hydrogen-bond acceptors (Lipinski definition) is 4. The molecular weight excluding hydrogens is 371 g/mol. The van der Waals surface area contributed by atoms with Crippen molar-refractivity contribution in [2.24, 2.45) is 0 Å². The van der Waals surface area contributed by atoms with Crippen LogP contribution in [0.3, 0.4) is 0 Å². The highest BCUT2D eigenvalue weighted by molar-refractivity contribution is 7.71. The van der Waals surface area contributed by atoms with Gasteiger partial charge in [0, 0.05) is 5.69 Å². The zero-order valence-electron chi connectivity index (χ0n) is 12.4. The molecule has 1 aromatic carbocycles. The van der Waals surface area contributed by atoms with Crippen LogP contribution in [0.15, 0.2) is 35.7 Å². The van der Waals surface area contributed by atoms with Crippen LogP contribution in [0.4, 0.5) is 10.1 Å². The Bertz CT molecular complexity index is 935. The van der Waals surface area contributed by atoms with Crippen LogP contribution in [0.25, 0.3) is 10.7 Å². The molecular formula is C15H12ClFN4OS2. The summed E-state index contributed by atoms with van der Waals surface area (Å²) in [4.78, 5) is 13.4. The molecule has 0 fully saturated rings. The summed E-state index contributed by atoms with van der Waals surface area (Å²) in [5.74, 6) is -0.262. The Balaban J connectivity index is 1.88. The van der Waals surface area contributed by atoms with Crippen LogP contribution in [0.2, 0.25) is 5.02 Å². The maximum absolute atomic E-state index is 13.2. The topological polar surface area (TPSA) is 62.7 Å². The van der Waals surface area contributed by atoms with Gasteiger partial charge >= 0.3 is 0 Å². The van der Waals surface area contributed by atoms with Gasteiger partial charge in [-0.25, -0.2) is 4.39 Å². The molecule has 3 rings (SSSR count). The quantitative estimate of drug-likeness (QED) is 0.645. The predicted octanol–water partition coefficient (Wildman–Crippen LogP) is 4.66. The number of nitrogens with zero attached hydrogens (tertiary/aromatic N) is 2. The molecule has 124 valence electrons. The molecule has 0 saturated carbocycles. The fourth-order valence-corrected chi connectivity index (χ4v) is 3.36. The summed E-state index contributed by atoms with van der Waals surface area (Å²) in [5.41, 5.74) is 0.408. The second-order valence-corrected chi connectivity index (χ2v) is 6.74. The Morgan fingerprint density at radius 2 is 2.29 bits per heavy atom. The van der Waals surface area contributed by atoms with E-state index in [9.17, 15) is 9.18 Å². The van der Waals surface area contributed by atoms with Crippen LogP contribution < -0.4 is 5.32 Å². The van der Waals surface area contributed by atoms with Crippen molar-refractivity contribution in [3.05, 3.63) is 51.3 Å². The predicted molar refractivity (Wildman–Crippen MR) is 95.5 cm³/mol. The first-order valence-corrected chi connectivity index (χ1v) is 8.60. The van der Waals surface area contributed by atoms with Gasteiger partial charge in [-0.3, -0.25) is 14.5 Å². The van der Waals surface area contributed by atoms with Crippen LogP contribution in [0.5, 0.6) is 0 Å². The number of anilines is 1. The fraction of sp³-hybridized carbons (Fsp3) is 0.133. The van der Waals surface area contributed by atoms with Crippen LogP contribution >= 0.6 is 35.2 Å². The van der Waals surface area contributed by atoms with E-state index in [0.29, 0.717) is 16.3 Å². The number of nitrogens with one attached hydrogen (secondary N) is 2. The van der Waals surface area contributed by atoms with Crippen molar-refractivity contribution in [1.82, 2.24) is 14.8 Å². The smallest absolute Gasteiger partial charge is 0.247 e. The summed E-state index contributed by atoms with van der Waals surface area (Å²) in [5, 5.41) is 11.5. The lowest BCUT2D eigenvalue weighted by molar-refractivity contribution is -0.118. The highest BCUT2D eigenvalue weighted by Gasteiger charge is 2.21. The molecule has 0 unspecified atom stereocenters. The Morgan fingerprint density at radius 3 is 2.96 bits per heavy atom. The maximum Gasteiger partial charge on any atom is 0.247 e. The lowest BCUT2D eigenvalue weighted by Gasteiger charge is -2.15. The van der Waals surface area contributed by atoms with Gasteiger partial charge in [-0.15, -0.1) is 11.3 Å². The van der Waals surface area contributed by atoms with E-state index in [-0.39, 0.29) is 10.9 Å². The maximum atomic E-state index is 13.2. The second-order valence-electron chi connectivity index (χ2n) is 4.99. The molecule has 0 bridgehead atoms. The van der Waals surface area contributed by atoms with Crippen molar-refractivity contribution in [2.45, 2.75) is 13.0 Å². The number of amides is 1. The third kappa shape index (κ3) is 3.26. The van der Waals surface area contributed by atoms with Gasteiger partial charge in [0.05, 0.1) is 9.90 Å². The van der Waals surface area contributed by atoms with E-state index in [2.05, 4.69) is 15.5 Å². The normalized spacial score (nSPS) is 12.1. The monoisotopic (exact) mass is 382 g/mol. The number of aromatic amines is 1. The minimum atomic E-state index is -0.614. The molecule has 3 aromatic rings. The number of hydrogen-bond donors (Lipinski definition) is 2. The van der Waals surface area contributed by atoms with Gasteiger partial charge in [-0.1, -0.05) is 17.7 Å². The minimum absolute atomic E-state index is 0.0559. The molecule has 5 nitrogen and oxygen atoms in total. The molecule has 24 heavy (non-hydrogen) atoms. The van der Waals surface area contributed by atoms with Crippen LogP contribution in [0, 0.1) is 10.6 Å². The highest BCUT2D eigenvalue weighted by atomic mass is 35.5. The van der Waals surface area contributed by atoms with Gasteiger partial charge < -0.3 is 5.32 Å². The first-order chi connectivity index (χ1) is 11.5. The van der Waals surface area contributed by atoms with Gasteiger partial charge in [0.2, 0.25) is 5.91 Å². The summed E-state index contributed by atoms with van der Waals surface area (Å²) >= 11 is 12.5. The summed E-state index contributed by atoms with van der Waals surface area (Å²) in [7, 11) is 0. The summed E-state index contributed by atoms with van der Waals surface area (Å²) in [6.07, 6.45) is 0. The summed E-state index contributed by atoms with van der Waals surface area (Å²) < 4.78 is 15.2. The molecule has 2 aromatic heterocycles. The molecule has 0 spiro atoms. The molecule has 1 atom stereocenters. The Hall–Kier alpha value is -2.03. The molecule has 0 saturated heterocycles. The molecule has 0 aliphatic heterocycles. The third-order valence-corrected chi connectivity index (χ3v) is 4.84. The number of H-pyrrole nitrogens is 1. The minimum Gasteiger partial charge on any atom is -0.324 e. The van der Waals surface area contributed by atoms with E-state index in [0.717, 1.165) is 4.88 Å². The van der Waals surface area contributed by atoms with Gasteiger partial charge in [0.15, 0.2) is 10.6 Å². The molecule has 9 heteroatoms. The van der Waals surface area contributed by atoms with Gasteiger partial charge in [0.25, 0.3) is 0 Å². The fourth-order valence-electron chi connectivity index (χ4n) is 2.18. The van der Waals surface area contributed by atoms with Crippen LogP contribution in [0.1, 0.15) is 13.0 Å². The van der Waals surface area contributed by atoms with Crippen molar-refractivity contribution in [2.75, 3.05) is 5.32 Å². The van der Waals surface area contributed by atoms with Gasteiger partial charge in [0.1, 0.15) is 11.9 Å². The number of rotatable bonds is 4. The largest absolute Gasteiger partial charge is 0.324 e. The van der Waals surface area contributed by atoms with Crippen molar-refractivity contribution < 1.29 is 9.18 Å². The first kappa shape index (κ1) is 16.8. The standard InChI is InChI=1S/C15H12ClFN4OS2/c1-8(14(22)18-9-4-5-11(17)10(16)7-9)21-13(19-20-15(21)23)12-3-2-6-24-12/h2-8H,1H3,(H,18,22)(H,20,23)/t8-/m1/s1. The zero-order chi connectivity index (χ0) is 17.3. The van der Waals surface area contributed by atoms with E-state index >= 15 is 0 Å². The number of halogens is 2. The van der Waals surface area contributed by atoms with Gasteiger partial charge in [-0.05, 0) is 48.8 Å². The van der Waals surface area contributed by atoms with Gasteiger partial charge in [-0.2, -0.15) is 5.10 Å². The number of thiophene rings is 1. The average molecular weight is 383 g/mol. The number of benzene rings is 1. The van der Waals surface area contributed by atoms with Crippen molar-refractivity contribution in [1.29, 1.82) is 0 Å². The highest BCUT2D eigenvalue weighted by Crippen LogP contribution is 2.26. The van der Waals surface area contributed by atoms with Crippen LogP contribution in [-0.4, -0.2) is 20.7 Å². The Kier molecular flexibility index (Phi) is 4.79. The molecule has 2 N–H and O–H groups in total. The van der Waals surface area contributed by atoms with Crippen molar-refractivity contribution in [3.8, 4) is 10.7 Å². The third-order valence-electron chi connectivity index (χ3n) is 3.40. The molecule has 0 radical (unpaired) electrons. The van der Waals surface area contributed by atoms with E-state index in [1.54, 1.807) is 11.5 Å². The lowest BCUT2D eigenvalue weighted by atomic mass is 10.2. The molecule has 2 heterocycles. The zero-order valence-corrected chi connectivity index (χ0v) is 14.8. The number of carbonyl (C=O) groups is 1. The SMILES string of the molecule is C[C@H](C(=O)Nc1ccc(F)c(Cl)c1)n1c(-c2cccs2)n[nH]c1=S. The number of aromatic nitrogens is 3. The lowest BCUT2D eigenvalue weighted by Crippen LogP contribution is -2.24. The van der Waals surface area contributed by atoms with Crippen molar-refractivity contribution >= 4 is 46.8 Å². The van der Waals surface area contributed by atoms with E-state index in [1.807, 2.05) is 17.5 Å². The van der Waals surface area contributed by atoms with E-state index in [4.69, 9.17) is 23.8 Å². The van der Waals surface area contributed by atoms with E-state index < -0.39 is 11.9 Å². The van der Waals surface area contributed by atoms with Crippen LogP contribution in [-0.2, 0) is 4.79 Å². The second kappa shape index (κ2) is 6.84. The molecule has 0 aliphatic rings. The average Bonchev–Trinajstić information content (AvgIpc) is 3.19. The summed E-state index contributed by atoms with van der Waals surface area (Å²) in [6.45, 7) is 1.71. The molecule has 0 aliphatic carbocycles. The van der Waals surface area contributed by atoms with Crippen molar-refractivity contribution in [3.63, 3.8) is 0 Å².